The van der Waals surface area contributed by atoms with Gasteiger partial charge in [0.1, 0.15) is 0 Å². The van der Waals surface area contributed by atoms with E-state index in [0.717, 1.165) is 34.0 Å². The average molecular weight is 497 g/mol. The molecule has 2 atom stereocenters. The predicted molar refractivity (Wildman–Crippen MR) is 146 cm³/mol. The maximum absolute atomic E-state index is 11.6. The first kappa shape index (κ1) is 23.8. The maximum Gasteiger partial charge on any atom is 0.335 e. The molecule has 1 aliphatic rings. The lowest BCUT2D eigenvalue weighted by Gasteiger charge is -2.28. The Bertz CT molecular complexity index is 1480. The number of nitrogens with one attached hydrogen (secondary N) is 1. The molecular formula is C29H28N4O2S. The number of carboxylic acid groups (broad SMARTS) is 1. The van der Waals surface area contributed by atoms with Gasteiger partial charge >= 0.3 is 5.97 Å². The van der Waals surface area contributed by atoms with Crippen LogP contribution < -0.4 is 10.2 Å². The molecule has 0 aliphatic carbocycles. The van der Waals surface area contributed by atoms with Crippen LogP contribution in [0.15, 0.2) is 72.9 Å². The van der Waals surface area contributed by atoms with E-state index < -0.39 is 5.97 Å². The molecule has 0 spiro atoms. The Kier molecular flexibility index (Phi) is 6.10. The van der Waals surface area contributed by atoms with E-state index in [1.54, 1.807) is 24.4 Å². The number of thiocarbonyl (C=S) groups is 1. The number of hydrogen-bond acceptors (Lipinski definition) is 3. The lowest BCUT2D eigenvalue weighted by molar-refractivity contribution is 0.0697. The number of carbonyl (C=O) groups is 1. The lowest BCUT2D eigenvalue weighted by Crippen LogP contribution is -2.29. The molecule has 1 aliphatic heterocycles. The maximum atomic E-state index is 11.6. The third-order valence-corrected chi connectivity index (χ3v) is 7.32. The van der Waals surface area contributed by atoms with Crippen LogP contribution in [0, 0.1) is 27.7 Å². The van der Waals surface area contributed by atoms with Crippen molar-refractivity contribution in [3.8, 4) is 5.69 Å². The molecule has 6 nitrogen and oxygen atoms in total. The van der Waals surface area contributed by atoms with E-state index in [1.807, 2.05) is 31.2 Å². The van der Waals surface area contributed by atoms with E-state index in [0.29, 0.717) is 5.11 Å². The van der Waals surface area contributed by atoms with Crippen LogP contribution in [0.4, 0.5) is 5.69 Å². The lowest BCUT2D eigenvalue weighted by atomic mass is 9.96. The zero-order chi connectivity index (χ0) is 25.6. The fraction of sp³-hybridized carbons (Fsp3) is 0.207. The van der Waals surface area contributed by atoms with Crippen LogP contribution >= 0.6 is 12.2 Å². The normalized spacial score (nSPS) is 17.3. The second kappa shape index (κ2) is 9.24. The molecule has 5 rings (SSSR count). The van der Waals surface area contributed by atoms with Crippen molar-refractivity contribution in [3.63, 3.8) is 0 Å². The largest absolute Gasteiger partial charge is 0.478 e. The van der Waals surface area contributed by atoms with Gasteiger partial charge in [-0.15, -0.1) is 0 Å². The molecule has 1 fully saturated rings. The Morgan fingerprint density at radius 2 is 1.75 bits per heavy atom. The molecule has 7 heteroatoms. The topological polar surface area (TPSA) is 70.4 Å². The first-order chi connectivity index (χ1) is 17.3. The fourth-order valence-corrected chi connectivity index (χ4v) is 5.43. The SMILES string of the molecule is Cc1ccc(N2C(=S)N[C@H](c3ccccn3)[C@@H]2c2cc(C)n(-c3cccc(C(=O)O)c3)c2C)cc1C. The van der Waals surface area contributed by atoms with Gasteiger partial charge in [0.2, 0.25) is 0 Å². The number of nitrogens with zero attached hydrogens (tertiary/aromatic N) is 3. The molecule has 0 amide bonds. The van der Waals surface area contributed by atoms with Crippen LogP contribution in [-0.4, -0.2) is 25.7 Å². The summed E-state index contributed by atoms with van der Waals surface area (Å²) in [5.41, 5.74) is 8.59. The third kappa shape index (κ3) is 4.05. The first-order valence-electron chi connectivity index (χ1n) is 11.9. The van der Waals surface area contributed by atoms with Crippen molar-refractivity contribution >= 4 is 29.0 Å². The molecular weight excluding hydrogens is 468 g/mol. The average Bonchev–Trinajstić information content (AvgIpc) is 3.36. The predicted octanol–water partition coefficient (Wildman–Crippen LogP) is 5.98. The molecule has 182 valence electrons. The highest BCUT2D eigenvalue weighted by atomic mass is 32.1. The van der Waals surface area contributed by atoms with E-state index in [2.05, 4.69) is 64.8 Å². The summed E-state index contributed by atoms with van der Waals surface area (Å²) in [6.07, 6.45) is 1.80. The zero-order valence-electron chi connectivity index (χ0n) is 20.7. The van der Waals surface area contributed by atoms with Crippen LogP contribution in [0.3, 0.4) is 0 Å². The van der Waals surface area contributed by atoms with Gasteiger partial charge in [0, 0.05) is 29.0 Å². The van der Waals surface area contributed by atoms with Gasteiger partial charge in [0.25, 0.3) is 0 Å². The number of hydrogen-bond donors (Lipinski definition) is 2. The first-order valence-corrected chi connectivity index (χ1v) is 12.3. The summed E-state index contributed by atoms with van der Waals surface area (Å²) in [4.78, 5) is 18.4. The number of pyridine rings is 1. The van der Waals surface area contributed by atoms with Crippen molar-refractivity contribution in [3.05, 3.63) is 112 Å². The highest BCUT2D eigenvalue weighted by Gasteiger charge is 2.42. The molecule has 1 saturated heterocycles. The fourth-order valence-electron chi connectivity index (χ4n) is 5.09. The van der Waals surface area contributed by atoms with Gasteiger partial charge in [0.05, 0.1) is 23.3 Å². The Labute approximate surface area is 216 Å². The van der Waals surface area contributed by atoms with E-state index >= 15 is 0 Å². The van der Waals surface area contributed by atoms with Crippen LogP contribution in [-0.2, 0) is 0 Å². The summed E-state index contributed by atoms with van der Waals surface area (Å²) in [7, 11) is 0. The molecule has 0 radical (unpaired) electrons. The number of benzene rings is 2. The molecule has 2 N–H and O–H groups in total. The minimum atomic E-state index is -0.944. The van der Waals surface area contributed by atoms with E-state index in [1.165, 1.54) is 11.1 Å². The van der Waals surface area contributed by atoms with Crippen molar-refractivity contribution in [2.24, 2.45) is 0 Å². The second-order valence-electron chi connectivity index (χ2n) is 9.28. The van der Waals surface area contributed by atoms with Gasteiger partial charge in [-0.3, -0.25) is 4.98 Å². The van der Waals surface area contributed by atoms with Crippen LogP contribution in [0.25, 0.3) is 5.69 Å². The van der Waals surface area contributed by atoms with E-state index in [4.69, 9.17) is 12.2 Å². The summed E-state index contributed by atoms with van der Waals surface area (Å²) in [5.74, 6) is -0.944. The van der Waals surface area contributed by atoms with Crippen molar-refractivity contribution in [2.75, 3.05) is 4.90 Å². The molecule has 0 unspecified atom stereocenters. The quantitative estimate of drug-likeness (QED) is 0.331. The molecule has 0 saturated carbocycles. The van der Waals surface area contributed by atoms with Gasteiger partial charge in [-0.25, -0.2) is 4.79 Å². The molecule has 36 heavy (non-hydrogen) atoms. The van der Waals surface area contributed by atoms with Gasteiger partial charge in [-0.2, -0.15) is 0 Å². The smallest absolute Gasteiger partial charge is 0.335 e. The number of aromatic carboxylic acids is 1. The monoisotopic (exact) mass is 496 g/mol. The standard InChI is InChI=1S/C29H28N4O2S/c1-17-11-12-23(14-18(17)2)33-27(26(31-29(33)36)25-10-5-6-13-30-25)24-15-19(3)32(20(24)4)22-9-7-8-21(16-22)28(34)35/h5-16,26-27H,1-4H3,(H,31,36)(H,34,35)/t26-,27+/m1/s1. The minimum absolute atomic E-state index is 0.142. The van der Waals surface area contributed by atoms with Crippen molar-refractivity contribution < 1.29 is 9.90 Å². The summed E-state index contributed by atoms with van der Waals surface area (Å²) < 4.78 is 2.11. The summed E-state index contributed by atoms with van der Waals surface area (Å²) in [6.45, 7) is 8.33. The minimum Gasteiger partial charge on any atom is -0.478 e. The summed E-state index contributed by atoms with van der Waals surface area (Å²) in [6, 6.07) is 21.2. The zero-order valence-corrected chi connectivity index (χ0v) is 21.5. The molecule has 3 heterocycles. The Morgan fingerprint density at radius 3 is 2.44 bits per heavy atom. The number of rotatable bonds is 5. The van der Waals surface area contributed by atoms with Crippen molar-refractivity contribution in [2.45, 2.75) is 39.8 Å². The molecule has 2 aromatic carbocycles. The number of anilines is 1. The Balaban J connectivity index is 1.68. The Morgan fingerprint density at radius 1 is 0.944 bits per heavy atom. The Hall–Kier alpha value is -3.97. The van der Waals surface area contributed by atoms with Crippen molar-refractivity contribution in [1.82, 2.24) is 14.9 Å². The molecule has 0 bridgehead atoms. The van der Waals surface area contributed by atoms with Gasteiger partial charge in [-0.1, -0.05) is 18.2 Å². The molecule has 4 aromatic rings. The van der Waals surface area contributed by atoms with E-state index in [9.17, 15) is 9.90 Å². The van der Waals surface area contributed by atoms with Crippen LogP contribution in [0.1, 0.15) is 56.2 Å². The third-order valence-electron chi connectivity index (χ3n) is 7.01. The number of aryl methyl sites for hydroxylation is 3. The number of carboxylic acids is 1. The van der Waals surface area contributed by atoms with Gasteiger partial charge < -0.3 is 19.9 Å². The van der Waals surface area contributed by atoms with Crippen molar-refractivity contribution in [1.29, 1.82) is 0 Å². The second-order valence-corrected chi connectivity index (χ2v) is 9.67. The van der Waals surface area contributed by atoms with Crippen LogP contribution in [0.5, 0.6) is 0 Å². The summed E-state index contributed by atoms with van der Waals surface area (Å²) in [5, 5.41) is 13.7. The van der Waals surface area contributed by atoms with Crippen LogP contribution in [0.2, 0.25) is 0 Å². The van der Waals surface area contributed by atoms with E-state index in [-0.39, 0.29) is 17.6 Å². The summed E-state index contributed by atoms with van der Waals surface area (Å²) >= 11 is 5.89. The molecule has 2 aromatic heterocycles. The highest BCUT2D eigenvalue weighted by molar-refractivity contribution is 7.80. The van der Waals surface area contributed by atoms with Gasteiger partial charge in [0.15, 0.2) is 5.11 Å². The van der Waals surface area contributed by atoms with Gasteiger partial charge in [-0.05, 0) is 105 Å². The highest BCUT2D eigenvalue weighted by Crippen LogP contribution is 2.44. The number of aromatic nitrogens is 2.